The summed E-state index contributed by atoms with van der Waals surface area (Å²) in [5.74, 6) is 0.978. The molecule has 0 fully saturated rings. The zero-order chi connectivity index (χ0) is 16.6. The molecule has 0 saturated carbocycles. The lowest BCUT2D eigenvalue weighted by atomic mass is 9.89. The Morgan fingerprint density at radius 1 is 1.26 bits per heavy atom. The zero-order valence-corrected chi connectivity index (χ0v) is 12.9. The Labute approximate surface area is 137 Å². The van der Waals surface area contributed by atoms with Crippen LogP contribution < -0.4 is 9.47 Å². The van der Waals surface area contributed by atoms with Crippen molar-refractivity contribution in [2.24, 2.45) is 0 Å². The molecule has 7 heteroatoms. The van der Waals surface area contributed by atoms with Crippen molar-refractivity contribution in [2.75, 3.05) is 7.11 Å². The number of methoxy groups -OCH3 is 1. The zero-order valence-electron chi connectivity index (χ0n) is 12.2. The first kappa shape index (κ1) is 15.6. The van der Waals surface area contributed by atoms with Crippen molar-refractivity contribution in [1.82, 2.24) is 0 Å². The number of ether oxygens (including phenoxy) is 2. The van der Waals surface area contributed by atoms with Gasteiger partial charge in [-0.3, -0.25) is 10.1 Å². The van der Waals surface area contributed by atoms with Gasteiger partial charge in [0, 0.05) is 11.1 Å². The third kappa shape index (κ3) is 2.40. The van der Waals surface area contributed by atoms with Crippen LogP contribution in [0.2, 0.25) is 0 Å². The highest BCUT2D eigenvalue weighted by atomic mass is 35.5. The van der Waals surface area contributed by atoms with E-state index in [0.29, 0.717) is 22.6 Å². The van der Waals surface area contributed by atoms with Crippen LogP contribution in [0.5, 0.6) is 11.5 Å². The number of benzene rings is 2. The van der Waals surface area contributed by atoms with Gasteiger partial charge in [0.25, 0.3) is 0 Å². The molecule has 23 heavy (non-hydrogen) atoms. The van der Waals surface area contributed by atoms with Crippen molar-refractivity contribution >= 4 is 11.6 Å². The average molecular weight is 336 g/mol. The Balaban J connectivity index is 2.11. The second-order valence-electron chi connectivity index (χ2n) is 5.20. The van der Waals surface area contributed by atoms with Crippen molar-refractivity contribution in [1.29, 1.82) is 0 Å². The monoisotopic (exact) mass is 335 g/mol. The number of hydrogen-bond donors (Lipinski definition) is 1. The molecule has 0 saturated heterocycles. The molecule has 0 aromatic heterocycles. The molecule has 0 amide bonds. The number of nitro groups is 1. The van der Waals surface area contributed by atoms with Crippen molar-refractivity contribution < 1.29 is 19.5 Å². The summed E-state index contributed by atoms with van der Waals surface area (Å²) in [5.41, 5.74) is 0.773. The number of fused-ring (bicyclic) bond motifs is 1. The molecule has 1 aliphatic heterocycles. The van der Waals surface area contributed by atoms with E-state index in [4.69, 9.17) is 21.1 Å². The van der Waals surface area contributed by atoms with E-state index in [9.17, 15) is 15.2 Å². The van der Waals surface area contributed by atoms with E-state index in [-0.39, 0.29) is 0 Å². The first-order valence-electron chi connectivity index (χ1n) is 6.89. The average Bonchev–Trinajstić information content (AvgIpc) is 2.58. The van der Waals surface area contributed by atoms with Crippen LogP contribution in [-0.4, -0.2) is 22.1 Å². The summed E-state index contributed by atoms with van der Waals surface area (Å²) in [4.78, 5) is 8.69. The largest absolute Gasteiger partial charge is 0.497 e. The van der Waals surface area contributed by atoms with Crippen molar-refractivity contribution in [3.05, 3.63) is 69.8 Å². The van der Waals surface area contributed by atoms with E-state index in [0.717, 1.165) is 0 Å². The van der Waals surface area contributed by atoms with Crippen LogP contribution in [0.1, 0.15) is 23.3 Å². The molecule has 0 aliphatic carbocycles. The molecule has 0 bridgehead atoms. The summed E-state index contributed by atoms with van der Waals surface area (Å²) in [5, 5.41) is 22.1. The van der Waals surface area contributed by atoms with Crippen LogP contribution in [0.3, 0.4) is 0 Å². The summed E-state index contributed by atoms with van der Waals surface area (Å²) in [6, 6.07) is 13.2. The molecular formula is C16H14ClNO5. The highest BCUT2D eigenvalue weighted by Crippen LogP contribution is 2.51. The predicted octanol–water partition coefficient (Wildman–Crippen LogP) is 3.07. The fourth-order valence-corrected chi connectivity index (χ4v) is 2.95. The minimum absolute atomic E-state index is 0.295. The van der Waals surface area contributed by atoms with E-state index in [1.807, 2.05) is 0 Å². The van der Waals surface area contributed by atoms with Gasteiger partial charge in [-0.05, 0) is 29.8 Å². The first-order valence-corrected chi connectivity index (χ1v) is 7.27. The van der Waals surface area contributed by atoms with Gasteiger partial charge in [0.1, 0.15) is 11.5 Å². The van der Waals surface area contributed by atoms with Gasteiger partial charge < -0.3 is 14.6 Å². The van der Waals surface area contributed by atoms with E-state index in [1.54, 1.807) is 48.5 Å². The number of rotatable bonds is 3. The lowest BCUT2D eigenvalue weighted by molar-refractivity contribution is -0.570. The third-order valence-electron chi connectivity index (χ3n) is 3.91. The summed E-state index contributed by atoms with van der Waals surface area (Å²) in [6.07, 6.45) is -2.65. The molecule has 3 rings (SSSR count). The van der Waals surface area contributed by atoms with Crippen LogP contribution in [0.15, 0.2) is 48.5 Å². The van der Waals surface area contributed by atoms with E-state index in [1.165, 1.54) is 7.11 Å². The molecule has 3 atom stereocenters. The molecule has 0 spiro atoms. The molecule has 2 aromatic rings. The quantitative estimate of drug-likeness (QED) is 0.403. The SMILES string of the molecule is COc1ccc(C2Oc3ccccc3C(O)C2(Cl)[N+](=O)[O-])cc1. The molecular weight excluding hydrogens is 322 g/mol. The highest BCUT2D eigenvalue weighted by molar-refractivity contribution is 6.23. The van der Waals surface area contributed by atoms with Gasteiger partial charge in [-0.25, -0.2) is 0 Å². The van der Waals surface area contributed by atoms with Crippen LogP contribution in [-0.2, 0) is 0 Å². The maximum atomic E-state index is 11.6. The van der Waals surface area contributed by atoms with E-state index >= 15 is 0 Å². The van der Waals surface area contributed by atoms with Gasteiger partial charge in [0.15, 0.2) is 6.10 Å². The number of aliphatic hydroxyl groups is 1. The maximum absolute atomic E-state index is 11.6. The molecule has 1 heterocycles. The van der Waals surface area contributed by atoms with Crippen molar-refractivity contribution in [3.8, 4) is 11.5 Å². The van der Waals surface area contributed by atoms with Gasteiger partial charge in [-0.1, -0.05) is 30.3 Å². The van der Waals surface area contributed by atoms with Crippen molar-refractivity contribution in [2.45, 2.75) is 17.2 Å². The Morgan fingerprint density at radius 2 is 1.91 bits per heavy atom. The smallest absolute Gasteiger partial charge is 0.364 e. The number of alkyl halides is 1. The first-order chi connectivity index (χ1) is 11.0. The van der Waals surface area contributed by atoms with Gasteiger partial charge in [0.05, 0.1) is 12.0 Å². The lowest BCUT2D eigenvalue weighted by Crippen LogP contribution is -2.49. The molecule has 1 aliphatic rings. The Morgan fingerprint density at radius 3 is 2.52 bits per heavy atom. The fraction of sp³-hybridized carbons (Fsp3) is 0.250. The van der Waals surface area contributed by atoms with E-state index < -0.39 is 22.1 Å². The molecule has 0 radical (unpaired) electrons. The molecule has 120 valence electrons. The highest BCUT2D eigenvalue weighted by Gasteiger charge is 2.61. The topological polar surface area (TPSA) is 81.8 Å². The molecule has 6 nitrogen and oxygen atoms in total. The number of aliphatic hydroxyl groups excluding tert-OH is 1. The third-order valence-corrected chi connectivity index (χ3v) is 4.45. The van der Waals surface area contributed by atoms with E-state index in [2.05, 4.69) is 0 Å². The summed E-state index contributed by atoms with van der Waals surface area (Å²) in [6.45, 7) is 0. The normalized spacial score (nSPS) is 26.0. The summed E-state index contributed by atoms with van der Waals surface area (Å²) >= 11 is 6.26. The molecule has 1 N–H and O–H groups in total. The predicted molar refractivity (Wildman–Crippen MR) is 83.3 cm³/mol. The Kier molecular flexibility index (Phi) is 3.87. The van der Waals surface area contributed by atoms with Crippen LogP contribution in [0.25, 0.3) is 0 Å². The molecule has 2 aromatic carbocycles. The minimum Gasteiger partial charge on any atom is -0.497 e. The van der Waals surface area contributed by atoms with Gasteiger partial charge in [-0.15, -0.1) is 0 Å². The second kappa shape index (κ2) is 5.72. The number of hydrogen-bond acceptors (Lipinski definition) is 5. The fourth-order valence-electron chi connectivity index (χ4n) is 2.66. The Hall–Kier alpha value is -2.31. The maximum Gasteiger partial charge on any atom is 0.364 e. The van der Waals surface area contributed by atoms with Crippen molar-refractivity contribution in [3.63, 3.8) is 0 Å². The minimum atomic E-state index is -2.22. The van der Waals surface area contributed by atoms with Gasteiger partial charge in [-0.2, -0.15) is 0 Å². The number of nitrogens with zero attached hydrogens (tertiary/aromatic N) is 1. The Bertz CT molecular complexity index is 736. The van der Waals surface area contributed by atoms with Crippen LogP contribution >= 0.6 is 11.6 Å². The number of halogens is 1. The standard InChI is InChI=1S/C16H14ClNO5/c1-22-11-8-6-10(7-9-11)15-16(17,18(20)21)14(19)12-4-2-3-5-13(12)23-15/h2-9,14-15,19H,1H3. The second-order valence-corrected chi connectivity index (χ2v) is 5.80. The number of para-hydroxylation sites is 1. The molecule has 3 unspecified atom stereocenters. The van der Waals surface area contributed by atoms with Crippen LogP contribution in [0.4, 0.5) is 0 Å². The lowest BCUT2D eigenvalue weighted by Gasteiger charge is -2.37. The van der Waals surface area contributed by atoms with Crippen LogP contribution in [0, 0.1) is 10.1 Å². The summed E-state index contributed by atoms with van der Waals surface area (Å²) < 4.78 is 10.8. The van der Waals surface area contributed by atoms with Gasteiger partial charge >= 0.3 is 5.00 Å². The summed E-state index contributed by atoms with van der Waals surface area (Å²) in [7, 11) is 1.52. The van der Waals surface area contributed by atoms with Gasteiger partial charge in [0.2, 0.25) is 6.10 Å².